The maximum absolute atomic E-state index is 9.74. The molecule has 0 spiro atoms. The summed E-state index contributed by atoms with van der Waals surface area (Å²) < 4.78 is 1.62. The summed E-state index contributed by atoms with van der Waals surface area (Å²) in [5.41, 5.74) is 5.86. The predicted molar refractivity (Wildman–Crippen MR) is 46.4 cm³/mol. The molecule has 0 saturated heterocycles. The van der Waals surface area contributed by atoms with Gasteiger partial charge >= 0.3 is 0 Å². The molecule has 3 N–H and O–H groups in total. The van der Waals surface area contributed by atoms with Gasteiger partial charge in [0.15, 0.2) is 0 Å². The molecule has 1 rings (SSSR count). The molecule has 0 bridgehead atoms. The molecule has 1 aromatic heterocycles. The SMILES string of the molecule is Cn1nccc1C(O)C(C)(C)N. The van der Waals surface area contributed by atoms with Gasteiger partial charge in [0, 0.05) is 18.8 Å². The van der Waals surface area contributed by atoms with Gasteiger partial charge in [0.25, 0.3) is 0 Å². The minimum absolute atomic E-state index is 0.631. The van der Waals surface area contributed by atoms with E-state index >= 15 is 0 Å². The molecule has 1 heterocycles. The van der Waals surface area contributed by atoms with Crippen molar-refractivity contribution in [3.8, 4) is 0 Å². The van der Waals surface area contributed by atoms with Gasteiger partial charge in [0.2, 0.25) is 0 Å². The lowest BCUT2D eigenvalue weighted by atomic mass is 9.96. The first-order valence-electron chi connectivity index (χ1n) is 3.88. The summed E-state index contributed by atoms with van der Waals surface area (Å²) in [6.07, 6.45) is 0.967. The predicted octanol–water partition coefficient (Wildman–Crippen LogP) is 0.191. The zero-order valence-electron chi connectivity index (χ0n) is 7.65. The Kier molecular flexibility index (Phi) is 2.21. The van der Waals surface area contributed by atoms with Crippen molar-refractivity contribution in [1.82, 2.24) is 9.78 Å². The molecule has 1 unspecified atom stereocenters. The van der Waals surface area contributed by atoms with Crippen LogP contribution < -0.4 is 5.73 Å². The number of aromatic nitrogens is 2. The topological polar surface area (TPSA) is 64.1 Å². The third-order valence-electron chi connectivity index (χ3n) is 1.84. The Balaban J connectivity index is 2.92. The van der Waals surface area contributed by atoms with Gasteiger partial charge in [-0.3, -0.25) is 4.68 Å². The van der Waals surface area contributed by atoms with E-state index in [1.165, 1.54) is 0 Å². The first kappa shape index (κ1) is 9.22. The number of rotatable bonds is 2. The van der Waals surface area contributed by atoms with E-state index in [0.29, 0.717) is 0 Å². The molecular formula is C8H15N3O. The van der Waals surface area contributed by atoms with Crippen LogP contribution in [0.1, 0.15) is 25.6 Å². The Morgan fingerprint density at radius 1 is 1.67 bits per heavy atom. The summed E-state index contributed by atoms with van der Waals surface area (Å²) >= 11 is 0. The van der Waals surface area contributed by atoms with E-state index in [-0.39, 0.29) is 0 Å². The molecule has 0 aliphatic rings. The van der Waals surface area contributed by atoms with Gasteiger partial charge in [-0.25, -0.2) is 0 Å². The molecule has 4 nitrogen and oxygen atoms in total. The summed E-state index contributed by atoms with van der Waals surface area (Å²) in [4.78, 5) is 0. The monoisotopic (exact) mass is 169 g/mol. The fraction of sp³-hybridized carbons (Fsp3) is 0.625. The first-order chi connectivity index (χ1) is 5.43. The summed E-state index contributed by atoms with van der Waals surface area (Å²) in [5.74, 6) is 0. The van der Waals surface area contributed by atoms with Crippen molar-refractivity contribution in [3.63, 3.8) is 0 Å². The summed E-state index contributed by atoms with van der Waals surface area (Å²) in [7, 11) is 1.78. The lowest BCUT2D eigenvalue weighted by molar-refractivity contribution is 0.0965. The number of hydrogen-bond donors (Lipinski definition) is 2. The molecule has 0 aliphatic heterocycles. The van der Waals surface area contributed by atoms with Crippen LogP contribution in [0.4, 0.5) is 0 Å². The van der Waals surface area contributed by atoms with E-state index in [2.05, 4.69) is 5.10 Å². The lowest BCUT2D eigenvalue weighted by Gasteiger charge is -2.25. The molecule has 0 aliphatic carbocycles. The molecule has 4 heteroatoms. The molecule has 0 saturated carbocycles. The van der Waals surface area contributed by atoms with Gasteiger partial charge in [-0.15, -0.1) is 0 Å². The second-order valence-corrected chi connectivity index (χ2v) is 3.60. The van der Waals surface area contributed by atoms with Crippen LogP contribution in [0.5, 0.6) is 0 Å². The highest BCUT2D eigenvalue weighted by atomic mass is 16.3. The van der Waals surface area contributed by atoms with E-state index < -0.39 is 11.6 Å². The lowest BCUT2D eigenvalue weighted by Crippen LogP contribution is -2.40. The van der Waals surface area contributed by atoms with Crippen molar-refractivity contribution in [3.05, 3.63) is 18.0 Å². The van der Waals surface area contributed by atoms with Crippen LogP contribution in [-0.2, 0) is 7.05 Å². The molecule has 68 valence electrons. The number of aryl methyl sites for hydroxylation is 1. The van der Waals surface area contributed by atoms with Gasteiger partial charge in [0.05, 0.1) is 5.69 Å². The quantitative estimate of drug-likeness (QED) is 0.664. The summed E-state index contributed by atoms with van der Waals surface area (Å²) in [6.45, 7) is 3.56. The number of nitrogens with zero attached hydrogens (tertiary/aromatic N) is 2. The fourth-order valence-corrected chi connectivity index (χ4v) is 1.03. The maximum Gasteiger partial charge on any atom is 0.113 e. The van der Waals surface area contributed by atoms with Crippen LogP contribution in [0.2, 0.25) is 0 Å². The number of aliphatic hydroxyl groups is 1. The molecule has 1 atom stereocenters. The third-order valence-corrected chi connectivity index (χ3v) is 1.84. The Hall–Kier alpha value is -0.870. The fourth-order valence-electron chi connectivity index (χ4n) is 1.03. The van der Waals surface area contributed by atoms with Gasteiger partial charge < -0.3 is 10.8 Å². The number of hydrogen-bond acceptors (Lipinski definition) is 3. The largest absolute Gasteiger partial charge is 0.385 e. The minimum atomic E-state index is -0.676. The van der Waals surface area contributed by atoms with Crippen LogP contribution in [-0.4, -0.2) is 20.4 Å². The van der Waals surface area contributed by atoms with Crippen LogP contribution in [0.25, 0.3) is 0 Å². The van der Waals surface area contributed by atoms with Gasteiger partial charge in [-0.1, -0.05) is 0 Å². The Labute approximate surface area is 72.0 Å². The number of nitrogens with two attached hydrogens (primary N) is 1. The van der Waals surface area contributed by atoms with Crippen molar-refractivity contribution < 1.29 is 5.11 Å². The van der Waals surface area contributed by atoms with Crippen LogP contribution in [0.3, 0.4) is 0 Å². The minimum Gasteiger partial charge on any atom is -0.385 e. The third kappa shape index (κ3) is 1.65. The van der Waals surface area contributed by atoms with E-state index in [9.17, 15) is 5.11 Å². The Morgan fingerprint density at radius 2 is 2.25 bits per heavy atom. The highest BCUT2D eigenvalue weighted by Gasteiger charge is 2.26. The zero-order valence-corrected chi connectivity index (χ0v) is 7.65. The van der Waals surface area contributed by atoms with Crippen LogP contribution >= 0.6 is 0 Å². The summed E-state index contributed by atoms with van der Waals surface area (Å²) in [5, 5.41) is 13.7. The van der Waals surface area contributed by atoms with Gasteiger partial charge in [-0.05, 0) is 19.9 Å². The summed E-state index contributed by atoms with van der Waals surface area (Å²) in [6, 6.07) is 1.76. The second kappa shape index (κ2) is 2.88. The first-order valence-corrected chi connectivity index (χ1v) is 3.88. The van der Waals surface area contributed by atoms with Gasteiger partial charge in [0.1, 0.15) is 6.10 Å². The van der Waals surface area contributed by atoms with E-state index in [1.807, 2.05) is 0 Å². The standard InChI is InChI=1S/C8H15N3O/c1-8(2,9)7(12)6-4-5-10-11(6)3/h4-5,7,12H,9H2,1-3H3. The average molecular weight is 169 g/mol. The smallest absolute Gasteiger partial charge is 0.113 e. The van der Waals surface area contributed by atoms with Crippen molar-refractivity contribution in [2.75, 3.05) is 0 Å². The van der Waals surface area contributed by atoms with Gasteiger partial charge in [-0.2, -0.15) is 5.10 Å². The Bertz CT molecular complexity index is 262. The van der Waals surface area contributed by atoms with Crippen molar-refractivity contribution in [1.29, 1.82) is 0 Å². The second-order valence-electron chi connectivity index (χ2n) is 3.60. The normalized spacial score (nSPS) is 14.8. The molecule has 0 amide bonds. The highest BCUT2D eigenvalue weighted by Crippen LogP contribution is 2.21. The zero-order chi connectivity index (χ0) is 9.35. The van der Waals surface area contributed by atoms with Crippen LogP contribution in [0, 0.1) is 0 Å². The number of aliphatic hydroxyl groups excluding tert-OH is 1. The van der Waals surface area contributed by atoms with E-state index in [0.717, 1.165) is 5.69 Å². The van der Waals surface area contributed by atoms with E-state index in [4.69, 9.17) is 5.73 Å². The van der Waals surface area contributed by atoms with Crippen molar-refractivity contribution in [2.24, 2.45) is 12.8 Å². The molecule has 0 radical (unpaired) electrons. The highest BCUT2D eigenvalue weighted by molar-refractivity contribution is 5.09. The van der Waals surface area contributed by atoms with E-state index in [1.54, 1.807) is 37.8 Å². The average Bonchev–Trinajstić information content (AvgIpc) is 2.31. The molecule has 12 heavy (non-hydrogen) atoms. The van der Waals surface area contributed by atoms with Crippen molar-refractivity contribution >= 4 is 0 Å². The maximum atomic E-state index is 9.74. The van der Waals surface area contributed by atoms with Crippen molar-refractivity contribution in [2.45, 2.75) is 25.5 Å². The molecule has 0 aromatic carbocycles. The Morgan fingerprint density at radius 3 is 2.58 bits per heavy atom. The molecular weight excluding hydrogens is 154 g/mol. The molecule has 1 aromatic rings. The van der Waals surface area contributed by atoms with Crippen LogP contribution in [0.15, 0.2) is 12.3 Å². The molecule has 0 fully saturated rings.